The van der Waals surface area contributed by atoms with E-state index in [1.165, 1.54) is 17.4 Å². The summed E-state index contributed by atoms with van der Waals surface area (Å²) in [5.41, 5.74) is 0.617. The molecule has 1 aromatic heterocycles. The predicted octanol–water partition coefficient (Wildman–Crippen LogP) is 3.47. The lowest BCUT2D eigenvalue weighted by Crippen LogP contribution is -1.97. The van der Waals surface area contributed by atoms with Crippen molar-refractivity contribution in [2.45, 2.75) is 6.61 Å². The van der Waals surface area contributed by atoms with E-state index in [1.807, 2.05) is 5.38 Å². The number of rotatable bonds is 5. The van der Waals surface area contributed by atoms with Gasteiger partial charge in [-0.2, -0.15) is 0 Å². The summed E-state index contributed by atoms with van der Waals surface area (Å²) >= 11 is 7.54. The van der Waals surface area contributed by atoms with Gasteiger partial charge in [0.25, 0.3) is 0 Å². The number of aliphatic carboxylic acids is 1. The molecule has 0 saturated heterocycles. The molecule has 0 spiro atoms. The molecule has 0 atom stereocenters. The summed E-state index contributed by atoms with van der Waals surface area (Å²) in [5.74, 6) is -0.567. The average Bonchev–Trinajstić information content (AvgIpc) is 2.88. The number of halogens is 1. The first-order valence-electron chi connectivity index (χ1n) is 5.37. The molecule has 6 heteroatoms. The summed E-state index contributed by atoms with van der Waals surface area (Å²) in [4.78, 5) is 14.6. The van der Waals surface area contributed by atoms with Crippen molar-refractivity contribution >= 4 is 35.0 Å². The quantitative estimate of drug-likeness (QED) is 0.858. The summed E-state index contributed by atoms with van der Waals surface area (Å²) in [7, 11) is 0. The molecule has 98 valence electrons. The lowest BCUT2D eigenvalue weighted by molar-refractivity contribution is -0.131. The monoisotopic (exact) mass is 295 g/mol. The number of carboxylic acid groups (broad SMARTS) is 1. The van der Waals surface area contributed by atoms with Gasteiger partial charge < -0.3 is 9.84 Å². The molecule has 0 radical (unpaired) electrons. The molecular formula is C13H10ClNO3S. The Balaban J connectivity index is 2.20. The summed E-state index contributed by atoms with van der Waals surface area (Å²) < 4.78 is 5.62. The van der Waals surface area contributed by atoms with Gasteiger partial charge in [0.15, 0.2) is 0 Å². The first-order valence-corrected chi connectivity index (χ1v) is 6.63. The number of ether oxygens (including phenoxy) is 1. The van der Waals surface area contributed by atoms with Crippen LogP contribution in [0.4, 0.5) is 0 Å². The summed E-state index contributed by atoms with van der Waals surface area (Å²) in [6.45, 7) is 0.301. The molecule has 2 rings (SSSR count). The van der Waals surface area contributed by atoms with Crippen molar-refractivity contribution < 1.29 is 14.6 Å². The first-order chi connectivity index (χ1) is 9.16. The Hall–Kier alpha value is -1.85. The number of benzene rings is 1. The van der Waals surface area contributed by atoms with Crippen LogP contribution in [-0.4, -0.2) is 16.1 Å². The largest absolute Gasteiger partial charge is 0.484 e. The maximum Gasteiger partial charge on any atom is 0.328 e. The molecule has 0 unspecified atom stereocenters. The normalized spacial score (nSPS) is 10.8. The van der Waals surface area contributed by atoms with E-state index in [2.05, 4.69) is 4.98 Å². The number of para-hydroxylation sites is 1. The second kappa shape index (κ2) is 6.36. The van der Waals surface area contributed by atoms with Gasteiger partial charge in [-0.15, -0.1) is 11.3 Å². The van der Waals surface area contributed by atoms with Gasteiger partial charge in [-0.05, 0) is 12.1 Å². The zero-order valence-electron chi connectivity index (χ0n) is 9.75. The maximum atomic E-state index is 10.5. The van der Waals surface area contributed by atoms with Crippen molar-refractivity contribution in [2.75, 3.05) is 0 Å². The Morgan fingerprint density at radius 2 is 2.37 bits per heavy atom. The molecule has 2 aromatic rings. The molecule has 0 bridgehead atoms. The fraction of sp³-hybridized carbons (Fsp3) is 0.0769. The van der Waals surface area contributed by atoms with E-state index in [1.54, 1.807) is 24.4 Å². The first kappa shape index (κ1) is 13.6. The molecule has 0 aliphatic rings. The van der Waals surface area contributed by atoms with Gasteiger partial charge in [-0.25, -0.2) is 9.78 Å². The third kappa shape index (κ3) is 3.81. The molecule has 19 heavy (non-hydrogen) atoms. The van der Waals surface area contributed by atoms with Crippen LogP contribution in [0.5, 0.6) is 5.75 Å². The number of thiazole rings is 1. The van der Waals surface area contributed by atoms with Gasteiger partial charge in [-0.3, -0.25) is 0 Å². The van der Waals surface area contributed by atoms with Gasteiger partial charge in [0, 0.05) is 23.2 Å². The number of carboxylic acids is 1. The lowest BCUT2D eigenvalue weighted by atomic mass is 10.2. The molecule has 0 saturated carbocycles. The van der Waals surface area contributed by atoms with E-state index < -0.39 is 5.97 Å². The van der Waals surface area contributed by atoms with Crippen LogP contribution >= 0.6 is 22.9 Å². The summed E-state index contributed by atoms with van der Waals surface area (Å²) in [6, 6.07) is 5.17. The van der Waals surface area contributed by atoms with Crippen molar-refractivity contribution in [2.24, 2.45) is 0 Å². The molecular weight excluding hydrogens is 286 g/mol. The molecule has 0 fully saturated rings. The minimum Gasteiger partial charge on any atom is -0.484 e. The Morgan fingerprint density at radius 1 is 1.53 bits per heavy atom. The van der Waals surface area contributed by atoms with Crippen LogP contribution < -0.4 is 4.74 Å². The lowest BCUT2D eigenvalue weighted by Gasteiger charge is -2.09. The van der Waals surface area contributed by atoms with Crippen LogP contribution in [0, 0.1) is 0 Å². The summed E-state index contributed by atoms with van der Waals surface area (Å²) in [5, 5.41) is 11.8. The minimum absolute atomic E-state index is 0.301. The van der Waals surface area contributed by atoms with E-state index in [0.29, 0.717) is 22.9 Å². The third-order valence-corrected chi connectivity index (χ3v) is 3.28. The van der Waals surface area contributed by atoms with Crippen molar-refractivity contribution in [3.05, 3.63) is 51.4 Å². The zero-order valence-corrected chi connectivity index (χ0v) is 11.3. The Bertz CT molecular complexity index is 596. The smallest absolute Gasteiger partial charge is 0.328 e. The number of carbonyl (C=O) groups is 1. The van der Waals surface area contributed by atoms with Gasteiger partial charge in [0.05, 0.1) is 5.02 Å². The predicted molar refractivity (Wildman–Crippen MR) is 74.6 cm³/mol. The minimum atomic E-state index is -1.02. The van der Waals surface area contributed by atoms with Crippen molar-refractivity contribution in [3.8, 4) is 5.75 Å². The molecule has 4 nitrogen and oxygen atoms in total. The van der Waals surface area contributed by atoms with Gasteiger partial charge >= 0.3 is 5.97 Å². The highest BCUT2D eigenvalue weighted by Crippen LogP contribution is 2.30. The highest BCUT2D eigenvalue weighted by Gasteiger charge is 2.07. The van der Waals surface area contributed by atoms with Crippen LogP contribution in [0.2, 0.25) is 5.02 Å². The van der Waals surface area contributed by atoms with E-state index >= 15 is 0 Å². The van der Waals surface area contributed by atoms with Crippen molar-refractivity contribution in [1.82, 2.24) is 4.98 Å². The highest BCUT2D eigenvalue weighted by molar-refractivity contribution is 7.09. The van der Waals surface area contributed by atoms with Crippen molar-refractivity contribution in [3.63, 3.8) is 0 Å². The van der Waals surface area contributed by atoms with E-state index in [-0.39, 0.29) is 0 Å². The van der Waals surface area contributed by atoms with E-state index in [0.717, 1.165) is 11.1 Å². The Kier molecular flexibility index (Phi) is 4.54. The second-order valence-electron chi connectivity index (χ2n) is 3.54. The van der Waals surface area contributed by atoms with Crippen LogP contribution in [-0.2, 0) is 11.4 Å². The zero-order chi connectivity index (χ0) is 13.7. The molecule has 1 heterocycles. The second-order valence-corrected chi connectivity index (χ2v) is 4.93. The number of hydrogen-bond acceptors (Lipinski definition) is 4. The van der Waals surface area contributed by atoms with E-state index in [4.69, 9.17) is 21.4 Å². The SMILES string of the molecule is O=C(O)/C=C/c1cccc(Cl)c1OCc1nccs1. The fourth-order valence-electron chi connectivity index (χ4n) is 1.43. The van der Waals surface area contributed by atoms with Gasteiger partial charge in [0.1, 0.15) is 17.4 Å². The average molecular weight is 296 g/mol. The molecule has 0 aliphatic heterocycles. The fourth-order valence-corrected chi connectivity index (χ4v) is 2.19. The van der Waals surface area contributed by atoms with Crippen LogP contribution in [0.25, 0.3) is 6.08 Å². The number of nitrogens with zero attached hydrogens (tertiary/aromatic N) is 1. The van der Waals surface area contributed by atoms with Crippen LogP contribution in [0.3, 0.4) is 0 Å². The van der Waals surface area contributed by atoms with E-state index in [9.17, 15) is 4.79 Å². The van der Waals surface area contributed by atoms with Gasteiger partial charge in [0.2, 0.25) is 0 Å². The molecule has 0 amide bonds. The number of aromatic nitrogens is 1. The molecule has 1 aromatic carbocycles. The molecule has 1 N–H and O–H groups in total. The Morgan fingerprint density at radius 3 is 3.05 bits per heavy atom. The third-order valence-electron chi connectivity index (χ3n) is 2.23. The van der Waals surface area contributed by atoms with Crippen LogP contribution in [0.15, 0.2) is 35.9 Å². The molecule has 0 aliphatic carbocycles. The summed E-state index contributed by atoms with van der Waals surface area (Å²) in [6.07, 6.45) is 4.19. The maximum absolute atomic E-state index is 10.5. The van der Waals surface area contributed by atoms with Gasteiger partial charge in [-0.1, -0.05) is 23.7 Å². The standard InChI is InChI=1S/C13H10ClNO3S/c14-10-3-1-2-9(4-5-12(16)17)13(10)18-8-11-15-6-7-19-11/h1-7H,8H2,(H,16,17)/b5-4+. The Labute approximate surface area is 118 Å². The van der Waals surface area contributed by atoms with Crippen LogP contribution in [0.1, 0.15) is 10.6 Å². The highest BCUT2D eigenvalue weighted by atomic mass is 35.5. The number of hydrogen-bond donors (Lipinski definition) is 1. The topological polar surface area (TPSA) is 59.4 Å². The van der Waals surface area contributed by atoms with Crippen molar-refractivity contribution in [1.29, 1.82) is 0 Å².